The molecular formula is C21H18FNO2. The second-order valence-electron chi connectivity index (χ2n) is 7.23. The van der Waals surface area contributed by atoms with Crippen molar-refractivity contribution in [3.63, 3.8) is 0 Å². The fraction of sp³-hybridized carbons (Fsp3) is 0.381. The lowest BCUT2D eigenvalue weighted by atomic mass is 9.77. The van der Waals surface area contributed by atoms with Gasteiger partial charge in [0.05, 0.1) is 6.04 Å². The maximum atomic E-state index is 13.1. The number of carbonyl (C=O) groups is 1. The lowest BCUT2D eigenvalue weighted by Crippen LogP contribution is -2.48. The van der Waals surface area contributed by atoms with Gasteiger partial charge in [0.2, 0.25) is 0 Å². The summed E-state index contributed by atoms with van der Waals surface area (Å²) in [5.74, 6) is 5.80. The Morgan fingerprint density at radius 3 is 2.88 bits per heavy atom. The first kappa shape index (κ1) is 14.9. The Bertz CT molecular complexity index is 873. The lowest BCUT2D eigenvalue weighted by Gasteiger charge is -2.38. The number of ether oxygens (including phenoxy) is 1. The highest BCUT2D eigenvalue weighted by Gasteiger charge is 2.61. The number of benzene rings is 1. The van der Waals surface area contributed by atoms with Crippen LogP contribution in [0.4, 0.5) is 4.39 Å². The van der Waals surface area contributed by atoms with Gasteiger partial charge in [-0.25, -0.2) is 9.18 Å². The van der Waals surface area contributed by atoms with Gasteiger partial charge in [0.25, 0.3) is 0 Å². The van der Waals surface area contributed by atoms with Gasteiger partial charge in [-0.15, -0.1) is 0 Å². The zero-order chi connectivity index (χ0) is 17.0. The van der Waals surface area contributed by atoms with E-state index in [0.717, 1.165) is 36.1 Å². The molecule has 0 aromatic heterocycles. The Hall–Kier alpha value is -2.38. The summed E-state index contributed by atoms with van der Waals surface area (Å²) in [5, 5.41) is 0. The summed E-state index contributed by atoms with van der Waals surface area (Å²) in [6, 6.07) is 6.71. The van der Waals surface area contributed by atoms with E-state index in [0.29, 0.717) is 0 Å². The van der Waals surface area contributed by atoms with Crippen molar-refractivity contribution in [1.29, 1.82) is 0 Å². The highest BCUT2D eigenvalue weighted by Crippen LogP contribution is 2.53. The molecule has 2 bridgehead atoms. The number of rotatable bonds is 0. The summed E-state index contributed by atoms with van der Waals surface area (Å²) in [6.45, 7) is 1.05. The van der Waals surface area contributed by atoms with E-state index in [1.54, 1.807) is 18.2 Å². The molecule has 1 aromatic rings. The minimum atomic E-state index is -0.510. The lowest BCUT2D eigenvalue weighted by molar-refractivity contribution is -0.148. The van der Waals surface area contributed by atoms with Crippen molar-refractivity contribution in [3.05, 3.63) is 58.9 Å². The molecule has 3 atom stereocenters. The van der Waals surface area contributed by atoms with Crippen LogP contribution in [-0.2, 0) is 9.53 Å². The first-order valence-electron chi connectivity index (χ1n) is 8.86. The molecule has 0 radical (unpaired) electrons. The van der Waals surface area contributed by atoms with Crippen LogP contribution in [0.1, 0.15) is 31.2 Å². The standard InChI is InChI=1S/C21H18FNO2/c22-16-8-5-14(6-9-16)4-7-15-11-17-13-21(18(15)12-20(24)25-21)19-3-1-2-10-23(17)19/h5-6,8-9,11-12,17,19H,1-3,10,13H2/t17?,19-,21+/m1/s1. The molecule has 1 unspecified atom stereocenters. The third-order valence-corrected chi connectivity index (χ3v) is 5.86. The van der Waals surface area contributed by atoms with Gasteiger partial charge in [-0.3, -0.25) is 4.90 Å². The van der Waals surface area contributed by atoms with Gasteiger partial charge in [-0.1, -0.05) is 24.3 Å². The second kappa shape index (κ2) is 5.31. The van der Waals surface area contributed by atoms with Crippen LogP contribution in [0.3, 0.4) is 0 Å². The van der Waals surface area contributed by atoms with Crippen LogP contribution in [0.2, 0.25) is 0 Å². The molecule has 0 saturated carbocycles. The van der Waals surface area contributed by atoms with Gasteiger partial charge in [-0.2, -0.15) is 0 Å². The molecule has 1 spiro atoms. The van der Waals surface area contributed by atoms with Crippen LogP contribution in [0.5, 0.6) is 0 Å². The zero-order valence-corrected chi connectivity index (χ0v) is 13.8. The van der Waals surface area contributed by atoms with Crippen molar-refractivity contribution >= 4 is 5.97 Å². The SMILES string of the molecule is O=C1C=C2C(C#Cc3ccc(F)cc3)=CC3C[C@@]2(O1)[C@H]1CCCCN31. The molecule has 126 valence electrons. The zero-order valence-electron chi connectivity index (χ0n) is 13.8. The second-order valence-corrected chi connectivity index (χ2v) is 7.23. The molecule has 2 saturated heterocycles. The topological polar surface area (TPSA) is 29.5 Å². The normalized spacial score (nSPS) is 32.8. The summed E-state index contributed by atoms with van der Waals surface area (Å²) < 4.78 is 18.9. The van der Waals surface area contributed by atoms with Crippen molar-refractivity contribution in [1.82, 2.24) is 4.90 Å². The third-order valence-electron chi connectivity index (χ3n) is 5.86. The van der Waals surface area contributed by atoms with Crippen LogP contribution < -0.4 is 0 Å². The number of fused-ring (bicyclic) bond motifs is 3. The number of esters is 1. The molecule has 3 nitrogen and oxygen atoms in total. The van der Waals surface area contributed by atoms with Crippen LogP contribution in [-0.4, -0.2) is 35.1 Å². The van der Waals surface area contributed by atoms with Crippen molar-refractivity contribution in [2.75, 3.05) is 6.54 Å². The van der Waals surface area contributed by atoms with Gasteiger partial charge >= 0.3 is 5.97 Å². The molecule has 2 fully saturated rings. The van der Waals surface area contributed by atoms with Gasteiger partial charge in [0, 0.05) is 35.2 Å². The fourth-order valence-electron chi connectivity index (χ4n) is 4.84. The first-order chi connectivity index (χ1) is 12.2. The molecule has 25 heavy (non-hydrogen) atoms. The van der Waals surface area contributed by atoms with Crippen molar-refractivity contribution in [2.24, 2.45) is 0 Å². The minimum Gasteiger partial charge on any atom is -0.449 e. The van der Waals surface area contributed by atoms with Crippen LogP contribution in [0, 0.1) is 17.7 Å². The van der Waals surface area contributed by atoms with Crippen molar-refractivity contribution in [3.8, 4) is 11.8 Å². The molecule has 4 aliphatic rings. The molecule has 3 aliphatic heterocycles. The van der Waals surface area contributed by atoms with Gasteiger partial charge in [0.15, 0.2) is 5.60 Å². The highest BCUT2D eigenvalue weighted by atomic mass is 19.1. The van der Waals surface area contributed by atoms with Crippen molar-refractivity contribution < 1.29 is 13.9 Å². The van der Waals surface area contributed by atoms with E-state index in [4.69, 9.17) is 4.74 Å². The van der Waals surface area contributed by atoms with Crippen LogP contribution >= 0.6 is 0 Å². The van der Waals surface area contributed by atoms with Gasteiger partial charge in [-0.05, 0) is 43.7 Å². The number of piperidine rings is 1. The number of halogens is 1. The van der Waals surface area contributed by atoms with E-state index >= 15 is 0 Å². The number of nitrogens with zero attached hydrogens (tertiary/aromatic N) is 1. The maximum Gasteiger partial charge on any atom is 0.332 e. The number of hydrogen-bond acceptors (Lipinski definition) is 3. The predicted octanol–water partition coefficient (Wildman–Crippen LogP) is 2.97. The third kappa shape index (κ3) is 2.19. The molecule has 5 rings (SSSR count). The molecule has 4 heteroatoms. The molecule has 0 N–H and O–H groups in total. The Balaban J connectivity index is 1.56. The van der Waals surface area contributed by atoms with Crippen molar-refractivity contribution in [2.45, 2.75) is 43.4 Å². The van der Waals surface area contributed by atoms with E-state index in [1.165, 1.54) is 25.0 Å². The minimum absolute atomic E-state index is 0.252. The Labute approximate surface area is 146 Å². The van der Waals surface area contributed by atoms with Crippen LogP contribution in [0.25, 0.3) is 0 Å². The largest absolute Gasteiger partial charge is 0.449 e. The van der Waals surface area contributed by atoms with E-state index in [1.807, 2.05) is 0 Å². The molecule has 1 aliphatic carbocycles. The van der Waals surface area contributed by atoms with Gasteiger partial charge in [0.1, 0.15) is 5.82 Å². The molecule has 0 amide bonds. The Morgan fingerprint density at radius 1 is 1.20 bits per heavy atom. The van der Waals surface area contributed by atoms with Gasteiger partial charge < -0.3 is 4.74 Å². The summed E-state index contributed by atoms with van der Waals surface area (Å²) in [7, 11) is 0. The van der Waals surface area contributed by atoms with Crippen LogP contribution in [0.15, 0.2) is 47.6 Å². The first-order valence-corrected chi connectivity index (χ1v) is 8.86. The summed E-state index contributed by atoms with van der Waals surface area (Å²) >= 11 is 0. The predicted molar refractivity (Wildman–Crippen MR) is 91.0 cm³/mol. The quantitative estimate of drug-likeness (QED) is 0.539. The van der Waals surface area contributed by atoms with E-state index in [-0.39, 0.29) is 23.9 Å². The Kier molecular flexibility index (Phi) is 3.17. The van der Waals surface area contributed by atoms with E-state index < -0.39 is 5.60 Å². The average molecular weight is 335 g/mol. The summed E-state index contributed by atoms with van der Waals surface area (Å²) in [4.78, 5) is 14.6. The maximum absolute atomic E-state index is 13.1. The molecular weight excluding hydrogens is 317 g/mol. The van der Waals surface area contributed by atoms with E-state index in [2.05, 4.69) is 22.8 Å². The fourth-order valence-corrected chi connectivity index (χ4v) is 4.84. The average Bonchev–Trinajstić information content (AvgIpc) is 3.10. The summed E-state index contributed by atoms with van der Waals surface area (Å²) in [6.07, 6.45) is 8.09. The Morgan fingerprint density at radius 2 is 2.04 bits per heavy atom. The molecule has 3 heterocycles. The summed E-state index contributed by atoms with van der Waals surface area (Å²) in [5.41, 5.74) is 2.08. The number of carbonyl (C=O) groups excluding carboxylic acids is 1. The monoisotopic (exact) mass is 335 g/mol. The smallest absolute Gasteiger partial charge is 0.332 e. The number of hydrogen-bond donors (Lipinski definition) is 0. The van der Waals surface area contributed by atoms with E-state index in [9.17, 15) is 9.18 Å². The molecule has 1 aromatic carbocycles. The highest BCUT2D eigenvalue weighted by molar-refractivity contribution is 5.90.